The molecule has 4 rings (SSSR count). The molecule has 0 aromatic rings. The van der Waals surface area contributed by atoms with Crippen LogP contribution in [0.4, 0.5) is 0 Å². The Kier molecular flexibility index (Phi) is 0.442. The number of hydrogen-bond acceptors (Lipinski definition) is 0. The molecule has 0 radical (unpaired) electrons. The van der Waals surface area contributed by atoms with Crippen LogP contribution in [0.15, 0.2) is 0 Å². The molecule has 0 aromatic carbocycles. The first-order valence-corrected chi connectivity index (χ1v) is 4.82. The van der Waals surface area contributed by atoms with Gasteiger partial charge in [0.1, 0.15) is 0 Å². The summed E-state index contributed by atoms with van der Waals surface area (Å²) < 4.78 is 0. The zero-order valence-electron chi connectivity index (χ0n) is 6.56. The third-order valence-electron chi connectivity index (χ3n) is 5.59. The maximum absolute atomic E-state index is 2.57. The Morgan fingerprint density at radius 2 is 2.10 bits per heavy atom. The fourth-order valence-electron chi connectivity index (χ4n) is 5.20. The molecule has 0 heteroatoms. The van der Waals surface area contributed by atoms with Gasteiger partial charge in [-0.2, -0.15) is 0 Å². The second kappa shape index (κ2) is 0.922. The van der Waals surface area contributed by atoms with E-state index < -0.39 is 0 Å². The van der Waals surface area contributed by atoms with Crippen LogP contribution in [-0.2, 0) is 0 Å². The predicted octanol–water partition coefficient (Wildman–Crippen LogP) is 2.44. The summed E-state index contributed by atoms with van der Waals surface area (Å²) in [4.78, 5) is 0. The van der Waals surface area contributed by atoms with Gasteiger partial charge in [0.05, 0.1) is 0 Å². The van der Waals surface area contributed by atoms with Crippen molar-refractivity contribution in [1.29, 1.82) is 0 Å². The first-order valence-electron chi connectivity index (χ1n) is 4.82. The lowest BCUT2D eigenvalue weighted by molar-refractivity contribution is 0.134. The summed E-state index contributed by atoms with van der Waals surface area (Å²) in [5.74, 6) is 3.65. The van der Waals surface area contributed by atoms with Crippen LogP contribution in [0.1, 0.15) is 32.6 Å². The fraction of sp³-hybridized carbons (Fsp3) is 1.00. The molecule has 0 nitrogen and oxygen atoms in total. The molecule has 4 aliphatic rings. The van der Waals surface area contributed by atoms with Gasteiger partial charge in [0.15, 0.2) is 0 Å². The van der Waals surface area contributed by atoms with Gasteiger partial charge in [0.25, 0.3) is 0 Å². The van der Waals surface area contributed by atoms with Gasteiger partial charge in [-0.3, -0.25) is 0 Å². The highest BCUT2D eigenvalue weighted by atomic mass is 15.0. The van der Waals surface area contributed by atoms with E-state index >= 15 is 0 Å². The molecule has 54 valence electrons. The SMILES string of the molecule is CC12C3CCCC1C21CC31. The monoisotopic (exact) mass is 134 g/mol. The molecule has 0 N–H and O–H groups in total. The van der Waals surface area contributed by atoms with E-state index in [1.807, 2.05) is 0 Å². The summed E-state index contributed by atoms with van der Waals surface area (Å²) in [6.07, 6.45) is 6.37. The van der Waals surface area contributed by atoms with Crippen molar-refractivity contribution in [3.63, 3.8) is 0 Å². The van der Waals surface area contributed by atoms with Crippen LogP contribution in [0.2, 0.25) is 0 Å². The zero-order chi connectivity index (χ0) is 6.56. The predicted molar refractivity (Wildman–Crippen MR) is 39.5 cm³/mol. The van der Waals surface area contributed by atoms with Crippen LogP contribution in [-0.4, -0.2) is 0 Å². The number of fused-ring (bicyclic) bond motifs is 1. The minimum absolute atomic E-state index is 0.913. The highest BCUT2D eigenvalue weighted by Crippen LogP contribution is 3.01. The standard InChI is InChI=1S/C10H14/c1-9-6-3-2-4-8(9)10(9)5-7(6)10/h6-8H,2-5H2,1H3. The Morgan fingerprint density at radius 1 is 1.20 bits per heavy atom. The van der Waals surface area contributed by atoms with Gasteiger partial charge in [-0.15, -0.1) is 0 Å². The molecule has 4 fully saturated rings. The Bertz CT molecular complexity index is 224. The van der Waals surface area contributed by atoms with Crippen molar-refractivity contribution >= 4 is 0 Å². The topological polar surface area (TPSA) is 0 Å². The van der Waals surface area contributed by atoms with Gasteiger partial charge >= 0.3 is 0 Å². The minimum atomic E-state index is 0.913. The molecule has 4 aliphatic carbocycles. The molecule has 5 unspecified atom stereocenters. The van der Waals surface area contributed by atoms with Crippen LogP contribution in [0.5, 0.6) is 0 Å². The minimum Gasteiger partial charge on any atom is -0.0585 e. The van der Waals surface area contributed by atoms with Crippen LogP contribution < -0.4 is 0 Å². The summed E-state index contributed by atoms with van der Waals surface area (Å²) >= 11 is 0. The molecular weight excluding hydrogens is 120 g/mol. The molecule has 5 atom stereocenters. The Balaban J connectivity index is 1.92. The molecular formula is C10H14. The highest BCUT2D eigenvalue weighted by molar-refractivity contribution is 5.43. The van der Waals surface area contributed by atoms with Crippen LogP contribution in [0.25, 0.3) is 0 Å². The summed E-state index contributed by atoms with van der Waals surface area (Å²) in [5.41, 5.74) is 1.91. The average molecular weight is 134 g/mol. The van der Waals surface area contributed by atoms with Crippen molar-refractivity contribution in [2.45, 2.75) is 32.6 Å². The maximum Gasteiger partial charge on any atom is -0.0170 e. The molecule has 0 aliphatic heterocycles. The second-order valence-electron chi connectivity index (χ2n) is 5.22. The second-order valence-corrected chi connectivity index (χ2v) is 5.22. The number of hydrogen-bond donors (Lipinski definition) is 0. The molecule has 0 heterocycles. The van der Waals surface area contributed by atoms with Gasteiger partial charge in [0, 0.05) is 0 Å². The molecule has 1 spiro atoms. The normalized spacial score (nSPS) is 80.7. The highest BCUT2D eigenvalue weighted by Gasteiger charge is 2.96. The fourth-order valence-corrected chi connectivity index (χ4v) is 5.20. The molecule has 0 aromatic heterocycles. The van der Waals surface area contributed by atoms with Gasteiger partial charge < -0.3 is 0 Å². The van der Waals surface area contributed by atoms with E-state index in [0.717, 1.165) is 10.8 Å². The van der Waals surface area contributed by atoms with Gasteiger partial charge in [-0.05, 0) is 47.8 Å². The maximum atomic E-state index is 2.57. The van der Waals surface area contributed by atoms with Gasteiger partial charge in [0.2, 0.25) is 0 Å². The van der Waals surface area contributed by atoms with E-state index in [2.05, 4.69) is 6.92 Å². The van der Waals surface area contributed by atoms with E-state index in [-0.39, 0.29) is 0 Å². The van der Waals surface area contributed by atoms with Gasteiger partial charge in [-0.25, -0.2) is 0 Å². The Hall–Kier alpha value is 0. The number of rotatable bonds is 0. The molecule has 0 amide bonds. The van der Waals surface area contributed by atoms with E-state index in [0.29, 0.717) is 0 Å². The molecule has 0 saturated heterocycles. The molecule has 4 saturated carbocycles. The van der Waals surface area contributed by atoms with E-state index in [1.54, 1.807) is 25.7 Å². The quantitative estimate of drug-likeness (QED) is 0.477. The lowest BCUT2D eigenvalue weighted by atomic mass is 9.70. The van der Waals surface area contributed by atoms with Crippen LogP contribution in [0, 0.1) is 28.6 Å². The lowest BCUT2D eigenvalue weighted by Crippen LogP contribution is -2.29. The summed E-state index contributed by atoms with van der Waals surface area (Å²) in [7, 11) is 0. The van der Waals surface area contributed by atoms with E-state index in [1.165, 1.54) is 17.8 Å². The van der Waals surface area contributed by atoms with Crippen LogP contribution in [0.3, 0.4) is 0 Å². The van der Waals surface area contributed by atoms with Crippen molar-refractivity contribution in [1.82, 2.24) is 0 Å². The largest absolute Gasteiger partial charge is 0.0585 e. The van der Waals surface area contributed by atoms with E-state index in [4.69, 9.17) is 0 Å². The van der Waals surface area contributed by atoms with Gasteiger partial charge in [-0.1, -0.05) is 13.3 Å². The van der Waals surface area contributed by atoms with Crippen LogP contribution >= 0.6 is 0 Å². The summed E-state index contributed by atoms with van der Waals surface area (Å²) in [6, 6.07) is 0. The van der Waals surface area contributed by atoms with Crippen molar-refractivity contribution in [2.75, 3.05) is 0 Å². The van der Waals surface area contributed by atoms with Crippen molar-refractivity contribution < 1.29 is 0 Å². The first kappa shape index (κ1) is 4.79. The Labute approximate surface area is 62.0 Å². The van der Waals surface area contributed by atoms with Crippen molar-refractivity contribution in [3.05, 3.63) is 0 Å². The third kappa shape index (κ3) is 0.202. The third-order valence-corrected chi connectivity index (χ3v) is 5.59. The Morgan fingerprint density at radius 3 is 2.80 bits per heavy atom. The van der Waals surface area contributed by atoms with E-state index in [9.17, 15) is 0 Å². The zero-order valence-corrected chi connectivity index (χ0v) is 6.56. The molecule has 0 bridgehead atoms. The smallest absolute Gasteiger partial charge is 0.0170 e. The molecule has 10 heavy (non-hydrogen) atoms. The first-order chi connectivity index (χ1) is 4.82. The summed E-state index contributed by atoms with van der Waals surface area (Å²) in [5, 5.41) is 0. The van der Waals surface area contributed by atoms with Crippen molar-refractivity contribution in [3.8, 4) is 0 Å². The average Bonchev–Trinajstić information content (AvgIpc) is 2.67. The lowest BCUT2D eigenvalue weighted by Gasteiger charge is -2.35. The van der Waals surface area contributed by atoms with Crippen molar-refractivity contribution in [2.24, 2.45) is 28.6 Å². The summed E-state index contributed by atoms with van der Waals surface area (Å²) in [6.45, 7) is 2.57.